The summed E-state index contributed by atoms with van der Waals surface area (Å²) in [5.74, 6) is -0.273. The molecule has 0 aliphatic heterocycles. The predicted molar refractivity (Wildman–Crippen MR) is 125 cm³/mol. The maximum absolute atomic E-state index is 13.3. The van der Waals surface area contributed by atoms with Crippen molar-refractivity contribution in [2.45, 2.75) is 11.8 Å². The van der Waals surface area contributed by atoms with Crippen molar-refractivity contribution in [3.8, 4) is 0 Å². The third-order valence-corrected chi connectivity index (χ3v) is 6.43. The first kappa shape index (κ1) is 20.6. The van der Waals surface area contributed by atoms with Gasteiger partial charge < -0.3 is 4.90 Å². The van der Waals surface area contributed by atoms with Crippen LogP contribution in [0.1, 0.15) is 17.3 Å². The van der Waals surface area contributed by atoms with Gasteiger partial charge in [0, 0.05) is 12.2 Å². The molecule has 0 saturated heterocycles. The molecule has 0 heterocycles. The van der Waals surface area contributed by atoms with E-state index in [1.165, 1.54) is 0 Å². The number of rotatable bonds is 6. The van der Waals surface area contributed by atoms with Crippen LogP contribution in [-0.2, 0) is 10.0 Å². The number of sulfonamides is 1. The fraction of sp³-hybridized carbons (Fsp3) is 0.0800. The molecule has 31 heavy (non-hydrogen) atoms. The summed E-state index contributed by atoms with van der Waals surface area (Å²) in [5, 5.41) is 1.79. The van der Waals surface area contributed by atoms with E-state index in [4.69, 9.17) is 0 Å². The zero-order chi connectivity index (χ0) is 21.8. The molecule has 4 aromatic carbocycles. The van der Waals surface area contributed by atoms with Crippen molar-refractivity contribution >= 4 is 38.1 Å². The number of hydrogen-bond donors (Lipinski definition) is 1. The summed E-state index contributed by atoms with van der Waals surface area (Å²) < 4.78 is 28.8. The van der Waals surface area contributed by atoms with E-state index in [0.29, 0.717) is 6.54 Å². The molecule has 0 fully saturated rings. The van der Waals surface area contributed by atoms with E-state index in [9.17, 15) is 13.2 Å². The number of hydrogen-bond acceptors (Lipinski definition) is 3. The lowest BCUT2D eigenvalue weighted by atomic mass is 10.1. The second-order valence-electron chi connectivity index (χ2n) is 7.05. The Morgan fingerprint density at radius 3 is 2.19 bits per heavy atom. The molecule has 1 N–H and O–H groups in total. The summed E-state index contributed by atoms with van der Waals surface area (Å²) in [6.45, 7) is 2.33. The molecule has 156 valence electrons. The number of amides is 1. The van der Waals surface area contributed by atoms with Gasteiger partial charge in [-0.25, -0.2) is 8.42 Å². The lowest BCUT2D eigenvalue weighted by Crippen LogP contribution is -2.31. The molecular weight excluding hydrogens is 408 g/mol. The third kappa shape index (κ3) is 4.29. The maximum atomic E-state index is 13.3. The number of carbonyl (C=O) groups excluding carboxylic acids is 1. The van der Waals surface area contributed by atoms with Crippen LogP contribution in [0.15, 0.2) is 102 Å². The summed E-state index contributed by atoms with van der Waals surface area (Å²) in [6.07, 6.45) is 0. The Morgan fingerprint density at radius 1 is 0.806 bits per heavy atom. The highest BCUT2D eigenvalue weighted by Gasteiger charge is 2.22. The first-order chi connectivity index (χ1) is 15.0. The van der Waals surface area contributed by atoms with E-state index in [1.807, 2.05) is 61.5 Å². The molecule has 5 nitrogen and oxygen atoms in total. The van der Waals surface area contributed by atoms with Gasteiger partial charge in [-0.3, -0.25) is 9.52 Å². The predicted octanol–water partition coefficient (Wildman–Crippen LogP) is 5.31. The van der Waals surface area contributed by atoms with Crippen LogP contribution in [0, 0.1) is 0 Å². The third-order valence-electron chi connectivity index (χ3n) is 5.06. The molecular formula is C25H22N2O3S. The van der Waals surface area contributed by atoms with Crippen LogP contribution in [0.25, 0.3) is 10.8 Å². The van der Waals surface area contributed by atoms with Gasteiger partial charge in [-0.2, -0.15) is 0 Å². The maximum Gasteiger partial charge on any atom is 0.261 e. The van der Waals surface area contributed by atoms with E-state index in [0.717, 1.165) is 16.5 Å². The Hall–Kier alpha value is -3.64. The largest absolute Gasteiger partial charge is 0.309 e. The average Bonchev–Trinajstić information content (AvgIpc) is 2.80. The SMILES string of the molecule is CCN(C(=O)c1ccccc1NS(=O)(=O)c1ccc2ccccc2c1)c1ccccc1. The summed E-state index contributed by atoms with van der Waals surface area (Å²) in [7, 11) is -3.88. The van der Waals surface area contributed by atoms with E-state index < -0.39 is 10.0 Å². The van der Waals surface area contributed by atoms with Gasteiger partial charge in [0.1, 0.15) is 0 Å². The topological polar surface area (TPSA) is 66.5 Å². The van der Waals surface area contributed by atoms with Crippen molar-refractivity contribution < 1.29 is 13.2 Å². The monoisotopic (exact) mass is 430 g/mol. The number of carbonyl (C=O) groups is 1. The Labute approximate surface area is 182 Å². The molecule has 0 unspecified atom stereocenters. The fourth-order valence-electron chi connectivity index (χ4n) is 3.49. The number of anilines is 2. The van der Waals surface area contributed by atoms with E-state index in [1.54, 1.807) is 47.4 Å². The lowest BCUT2D eigenvalue weighted by molar-refractivity contribution is 0.0989. The number of benzene rings is 4. The first-order valence-corrected chi connectivity index (χ1v) is 11.5. The first-order valence-electron chi connectivity index (χ1n) is 9.97. The van der Waals surface area contributed by atoms with Gasteiger partial charge in [0.2, 0.25) is 0 Å². The summed E-state index contributed by atoms with van der Waals surface area (Å²) >= 11 is 0. The van der Waals surface area contributed by atoms with Crippen LogP contribution >= 0.6 is 0 Å². The van der Waals surface area contributed by atoms with Gasteiger partial charge in [-0.15, -0.1) is 0 Å². The average molecular weight is 431 g/mol. The molecule has 1 amide bonds. The highest BCUT2D eigenvalue weighted by atomic mass is 32.2. The molecule has 4 aromatic rings. The summed E-state index contributed by atoms with van der Waals surface area (Å²) in [5.41, 5.74) is 1.29. The van der Waals surface area contributed by atoms with E-state index >= 15 is 0 Å². The standard InChI is InChI=1S/C25H22N2O3S/c1-2-27(21-12-4-3-5-13-21)25(28)23-14-8-9-15-24(23)26-31(29,30)22-17-16-19-10-6-7-11-20(19)18-22/h3-18,26H,2H2,1H3. The number of para-hydroxylation sites is 2. The Bertz CT molecular complexity index is 1340. The lowest BCUT2D eigenvalue weighted by Gasteiger charge is -2.22. The van der Waals surface area contributed by atoms with E-state index in [-0.39, 0.29) is 22.1 Å². The highest BCUT2D eigenvalue weighted by molar-refractivity contribution is 7.92. The van der Waals surface area contributed by atoms with Crippen LogP contribution in [0.4, 0.5) is 11.4 Å². The van der Waals surface area contributed by atoms with Gasteiger partial charge in [-0.1, -0.05) is 60.7 Å². The second kappa shape index (κ2) is 8.62. The van der Waals surface area contributed by atoms with Gasteiger partial charge in [0.05, 0.1) is 16.1 Å². The molecule has 0 aliphatic rings. The molecule has 0 aromatic heterocycles. The molecule has 0 spiro atoms. The minimum Gasteiger partial charge on any atom is -0.309 e. The molecule has 0 radical (unpaired) electrons. The zero-order valence-corrected chi connectivity index (χ0v) is 17.8. The molecule has 6 heteroatoms. The van der Waals surface area contributed by atoms with Crippen LogP contribution in [0.2, 0.25) is 0 Å². The molecule has 0 bridgehead atoms. The Morgan fingerprint density at radius 2 is 1.45 bits per heavy atom. The van der Waals surface area contributed by atoms with Crippen molar-refractivity contribution in [3.05, 3.63) is 103 Å². The number of nitrogens with zero attached hydrogens (tertiary/aromatic N) is 1. The van der Waals surface area contributed by atoms with Crippen LogP contribution in [0.5, 0.6) is 0 Å². The van der Waals surface area contributed by atoms with Crippen molar-refractivity contribution in [3.63, 3.8) is 0 Å². The second-order valence-corrected chi connectivity index (χ2v) is 8.73. The summed E-state index contributed by atoms with van der Waals surface area (Å²) in [6, 6.07) is 28.5. The minimum absolute atomic E-state index is 0.142. The van der Waals surface area contributed by atoms with Gasteiger partial charge >= 0.3 is 0 Å². The minimum atomic E-state index is -3.88. The Kier molecular flexibility index (Phi) is 5.73. The summed E-state index contributed by atoms with van der Waals surface area (Å²) in [4.78, 5) is 15.0. The normalized spacial score (nSPS) is 11.3. The Balaban J connectivity index is 1.68. The van der Waals surface area contributed by atoms with Crippen molar-refractivity contribution in [2.24, 2.45) is 0 Å². The number of nitrogens with one attached hydrogen (secondary N) is 1. The number of fused-ring (bicyclic) bond motifs is 1. The van der Waals surface area contributed by atoms with Crippen LogP contribution < -0.4 is 9.62 Å². The van der Waals surface area contributed by atoms with Crippen LogP contribution in [0.3, 0.4) is 0 Å². The van der Waals surface area contributed by atoms with Crippen molar-refractivity contribution in [1.82, 2.24) is 0 Å². The highest BCUT2D eigenvalue weighted by Crippen LogP contribution is 2.25. The van der Waals surface area contributed by atoms with Gasteiger partial charge in [0.25, 0.3) is 15.9 Å². The molecule has 0 aliphatic carbocycles. The van der Waals surface area contributed by atoms with E-state index in [2.05, 4.69) is 4.72 Å². The van der Waals surface area contributed by atoms with Crippen molar-refractivity contribution in [1.29, 1.82) is 0 Å². The van der Waals surface area contributed by atoms with Gasteiger partial charge in [-0.05, 0) is 54.1 Å². The molecule has 0 atom stereocenters. The van der Waals surface area contributed by atoms with Crippen LogP contribution in [-0.4, -0.2) is 20.9 Å². The molecule has 0 saturated carbocycles. The smallest absolute Gasteiger partial charge is 0.261 e. The van der Waals surface area contributed by atoms with Gasteiger partial charge in [0.15, 0.2) is 0 Å². The quantitative estimate of drug-likeness (QED) is 0.451. The van der Waals surface area contributed by atoms with Crippen molar-refractivity contribution in [2.75, 3.05) is 16.2 Å². The zero-order valence-electron chi connectivity index (χ0n) is 17.0. The fourth-order valence-corrected chi connectivity index (χ4v) is 4.61. The molecule has 4 rings (SSSR count).